The number of ether oxygens (including phenoxy) is 2. The Morgan fingerprint density at radius 3 is 2.13 bits per heavy atom. The lowest BCUT2D eigenvalue weighted by molar-refractivity contribution is 0.0473. The van der Waals surface area contributed by atoms with E-state index in [0.717, 1.165) is 27.6 Å². The molecule has 0 spiro atoms. The van der Waals surface area contributed by atoms with E-state index in [0.29, 0.717) is 34.8 Å². The number of hydrogen-bond donors (Lipinski definition) is 0. The Labute approximate surface area is 225 Å². The van der Waals surface area contributed by atoms with E-state index < -0.39 is 5.97 Å². The van der Waals surface area contributed by atoms with Crippen LogP contribution < -0.4 is 10.2 Å². The lowest BCUT2D eigenvalue weighted by Crippen LogP contribution is -2.08. The van der Waals surface area contributed by atoms with Gasteiger partial charge in [-0.1, -0.05) is 78.9 Å². The van der Waals surface area contributed by atoms with Gasteiger partial charge in [0.05, 0.1) is 5.56 Å². The quantitative estimate of drug-likeness (QED) is 0.164. The van der Waals surface area contributed by atoms with Crippen LogP contribution in [0.1, 0.15) is 21.5 Å². The van der Waals surface area contributed by atoms with E-state index in [9.17, 15) is 9.59 Å². The third-order valence-corrected chi connectivity index (χ3v) is 6.54. The lowest BCUT2D eigenvalue weighted by Gasteiger charge is -2.18. The Morgan fingerprint density at radius 1 is 0.667 bits per heavy atom. The molecule has 39 heavy (non-hydrogen) atoms. The van der Waals surface area contributed by atoms with Gasteiger partial charge in [-0.3, -0.25) is 4.79 Å². The summed E-state index contributed by atoms with van der Waals surface area (Å²) >= 11 is 0. The summed E-state index contributed by atoms with van der Waals surface area (Å²) in [5.41, 5.74) is 4.97. The molecular weight excluding hydrogens is 488 g/mol. The first kappa shape index (κ1) is 24.2. The van der Waals surface area contributed by atoms with E-state index in [4.69, 9.17) is 13.9 Å². The maximum Gasteiger partial charge on any atom is 0.339 e. The second-order valence-corrected chi connectivity index (χ2v) is 9.17. The van der Waals surface area contributed by atoms with Gasteiger partial charge < -0.3 is 13.9 Å². The number of hydrogen-bond acceptors (Lipinski definition) is 5. The van der Waals surface area contributed by atoms with Crippen molar-refractivity contribution in [3.05, 3.63) is 148 Å². The topological polar surface area (TPSA) is 65.7 Å². The predicted octanol–water partition coefficient (Wildman–Crippen LogP) is 7.50. The molecule has 0 N–H and O–H groups in total. The SMILES string of the molecule is O=C(OCc1ccccc1)c1ccccc1-c1c2ccc(=O)cc-2oc2cc(OCc3ccccc3)ccc12. The monoisotopic (exact) mass is 512 g/mol. The van der Waals surface area contributed by atoms with E-state index in [1.165, 1.54) is 12.1 Å². The normalized spacial score (nSPS) is 11.0. The van der Waals surface area contributed by atoms with Gasteiger partial charge in [0.15, 0.2) is 5.43 Å². The van der Waals surface area contributed by atoms with Crippen LogP contribution in [0.3, 0.4) is 0 Å². The second kappa shape index (κ2) is 10.7. The van der Waals surface area contributed by atoms with Gasteiger partial charge >= 0.3 is 5.97 Å². The van der Waals surface area contributed by atoms with Crippen molar-refractivity contribution >= 4 is 16.9 Å². The molecule has 0 unspecified atom stereocenters. The van der Waals surface area contributed by atoms with Crippen LogP contribution in [-0.4, -0.2) is 5.97 Å². The first-order valence-electron chi connectivity index (χ1n) is 12.6. The molecule has 1 heterocycles. The molecule has 5 heteroatoms. The largest absolute Gasteiger partial charge is 0.489 e. The molecule has 4 aromatic carbocycles. The van der Waals surface area contributed by atoms with Crippen LogP contribution in [0.2, 0.25) is 0 Å². The van der Waals surface area contributed by atoms with E-state index in [2.05, 4.69) is 0 Å². The maximum atomic E-state index is 13.3. The molecule has 0 bridgehead atoms. The Kier molecular flexibility index (Phi) is 6.62. The Hall–Kier alpha value is -5.16. The van der Waals surface area contributed by atoms with Crippen LogP contribution in [0.5, 0.6) is 5.75 Å². The fraction of sp³-hybridized carbons (Fsp3) is 0.0588. The second-order valence-electron chi connectivity index (χ2n) is 9.17. The van der Waals surface area contributed by atoms with Crippen molar-refractivity contribution in [2.24, 2.45) is 0 Å². The van der Waals surface area contributed by atoms with E-state index in [1.54, 1.807) is 12.1 Å². The third-order valence-electron chi connectivity index (χ3n) is 6.54. The number of carbonyl (C=O) groups is 1. The van der Waals surface area contributed by atoms with Gasteiger partial charge in [-0.2, -0.15) is 0 Å². The van der Waals surface area contributed by atoms with Crippen LogP contribution in [0.4, 0.5) is 0 Å². The highest BCUT2D eigenvalue weighted by molar-refractivity contribution is 6.07. The molecule has 190 valence electrons. The van der Waals surface area contributed by atoms with Gasteiger partial charge in [0.2, 0.25) is 0 Å². The minimum atomic E-state index is -0.431. The van der Waals surface area contributed by atoms with Crippen molar-refractivity contribution in [1.29, 1.82) is 0 Å². The van der Waals surface area contributed by atoms with Gasteiger partial charge in [-0.05, 0) is 47.0 Å². The first-order valence-corrected chi connectivity index (χ1v) is 12.6. The minimum Gasteiger partial charge on any atom is -0.489 e. The molecule has 0 radical (unpaired) electrons. The highest BCUT2D eigenvalue weighted by atomic mass is 16.5. The molecule has 0 aromatic heterocycles. The summed E-state index contributed by atoms with van der Waals surface area (Å²) < 4.78 is 17.9. The molecule has 2 aliphatic rings. The summed E-state index contributed by atoms with van der Waals surface area (Å²) in [6, 6.07) is 37.1. The lowest BCUT2D eigenvalue weighted by atomic mass is 9.91. The molecule has 1 aliphatic heterocycles. The van der Waals surface area contributed by atoms with Gasteiger partial charge in [0.25, 0.3) is 0 Å². The predicted molar refractivity (Wildman–Crippen MR) is 151 cm³/mol. The molecule has 1 aliphatic carbocycles. The Balaban J connectivity index is 1.43. The van der Waals surface area contributed by atoms with Crippen LogP contribution in [0.15, 0.2) is 131 Å². The molecule has 0 saturated heterocycles. The van der Waals surface area contributed by atoms with E-state index in [1.807, 2.05) is 97.1 Å². The molecular formula is C34H24O5. The number of carbonyl (C=O) groups excluding carboxylic acids is 1. The van der Waals surface area contributed by atoms with Crippen molar-refractivity contribution < 1.29 is 18.7 Å². The van der Waals surface area contributed by atoms with Crippen molar-refractivity contribution in [3.63, 3.8) is 0 Å². The number of esters is 1. The summed E-state index contributed by atoms with van der Waals surface area (Å²) in [4.78, 5) is 25.5. The van der Waals surface area contributed by atoms with Crippen LogP contribution in [0, 0.1) is 0 Å². The van der Waals surface area contributed by atoms with Crippen LogP contribution in [0.25, 0.3) is 33.4 Å². The maximum absolute atomic E-state index is 13.3. The average molecular weight is 513 g/mol. The standard InChI is InChI=1S/C34H24O5/c35-25-15-17-29-31(19-25)39-32-20-26(37-21-23-9-3-1-4-10-23)16-18-30(32)33(29)27-13-7-8-14-28(27)34(36)38-22-24-11-5-2-6-12-24/h1-20H,21-22H2. The summed E-state index contributed by atoms with van der Waals surface area (Å²) in [5.74, 6) is 0.631. The van der Waals surface area contributed by atoms with Gasteiger partial charge in [-0.15, -0.1) is 0 Å². The Bertz CT molecular complexity index is 1790. The van der Waals surface area contributed by atoms with Crippen molar-refractivity contribution in [3.8, 4) is 28.2 Å². The van der Waals surface area contributed by atoms with Gasteiger partial charge in [0.1, 0.15) is 30.3 Å². The summed E-state index contributed by atoms with van der Waals surface area (Å²) in [5, 5.41) is 0.788. The molecule has 0 amide bonds. The Morgan fingerprint density at radius 2 is 1.36 bits per heavy atom. The molecule has 4 aromatic rings. The highest BCUT2D eigenvalue weighted by Crippen LogP contribution is 2.42. The third kappa shape index (κ3) is 5.15. The fourth-order valence-electron chi connectivity index (χ4n) is 4.65. The van der Waals surface area contributed by atoms with Crippen molar-refractivity contribution in [1.82, 2.24) is 0 Å². The highest BCUT2D eigenvalue weighted by Gasteiger charge is 2.22. The zero-order valence-corrected chi connectivity index (χ0v) is 21.0. The molecule has 0 atom stereocenters. The average Bonchev–Trinajstić information content (AvgIpc) is 2.98. The van der Waals surface area contributed by atoms with Crippen LogP contribution in [-0.2, 0) is 18.0 Å². The number of benzene rings is 5. The molecule has 0 fully saturated rings. The van der Waals surface area contributed by atoms with E-state index in [-0.39, 0.29) is 12.0 Å². The number of fused-ring (bicyclic) bond motifs is 2. The smallest absolute Gasteiger partial charge is 0.339 e. The first-order chi connectivity index (χ1) is 19.2. The van der Waals surface area contributed by atoms with Gasteiger partial charge in [0, 0.05) is 28.6 Å². The van der Waals surface area contributed by atoms with Crippen molar-refractivity contribution in [2.75, 3.05) is 0 Å². The van der Waals surface area contributed by atoms with E-state index >= 15 is 0 Å². The zero-order valence-electron chi connectivity index (χ0n) is 21.0. The number of rotatable bonds is 7. The molecule has 5 nitrogen and oxygen atoms in total. The summed E-state index contributed by atoms with van der Waals surface area (Å²) in [6.07, 6.45) is 0. The zero-order chi connectivity index (χ0) is 26.6. The molecule has 6 rings (SSSR count). The fourth-order valence-corrected chi connectivity index (χ4v) is 4.65. The van der Waals surface area contributed by atoms with Gasteiger partial charge in [-0.25, -0.2) is 4.79 Å². The van der Waals surface area contributed by atoms with Crippen LogP contribution >= 0.6 is 0 Å². The van der Waals surface area contributed by atoms with Crippen molar-refractivity contribution in [2.45, 2.75) is 13.2 Å². The summed E-state index contributed by atoms with van der Waals surface area (Å²) in [6.45, 7) is 0.578. The minimum absolute atomic E-state index is 0.163. The summed E-state index contributed by atoms with van der Waals surface area (Å²) in [7, 11) is 0. The molecule has 0 saturated carbocycles.